The van der Waals surface area contributed by atoms with E-state index in [0.717, 1.165) is 0 Å². The molecule has 88 valence electrons. The zero-order valence-electron chi connectivity index (χ0n) is 9.31. The summed E-state index contributed by atoms with van der Waals surface area (Å²) in [4.78, 5) is 16.3. The molecule has 2 rings (SSSR count). The van der Waals surface area contributed by atoms with Crippen molar-refractivity contribution in [3.63, 3.8) is 0 Å². The van der Waals surface area contributed by atoms with Crippen molar-refractivity contribution in [3.05, 3.63) is 47.0 Å². The van der Waals surface area contributed by atoms with Gasteiger partial charge in [0.25, 0.3) is 5.56 Å². The van der Waals surface area contributed by atoms with Crippen LogP contribution in [0.15, 0.2) is 40.8 Å². The summed E-state index contributed by atoms with van der Waals surface area (Å²) in [5.74, 6) is 0.263. The predicted octanol–water partition coefficient (Wildman–Crippen LogP) is 2.35. The Morgan fingerprint density at radius 2 is 2.35 bits per heavy atom. The van der Waals surface area contributed by atoms with Gasteiger partial charge in [0.15, 0.2) is 5.16 Å². The van der Waals surface area contributed by atoms with Crippen molar-refractivity contribution < 1.29 is 4.39 Å². The zero-order chi connectivity index (χ0) is 12.4. The second-order valence-corrected chi connectivity index (χ2v) is 4.51. The maximum atomic E-state index is 13.1. The first-order valence-electron chi connectivity index (χ1n) is 5.03. The largest absolute Gasteiger partial charge is 0.290 e. The molecule has 0 atom stereocenters. The Kier molecular flexibility index (Phi) is 3.28. The van der Waals surface area contributed by atoms with Crippen LogP contribution in [-0.4, -0.2) is 15.3 Å². The number of aromatic nitrogens is 2. The molecule has 0 bridgehead atoms. The van der Waals surface area contributed by atoms with Crippen LogP contribution in [0.2, 0.25) is 0 Å². The number of hydrogen-bond acceptors (Lipinski definition) is 3. The zero-order valence-corrected chi connectivity index (χ0v) is 10.1. The first-order valence-corrected chi connectivity index (χ1v) is 6.02. The van der Waals surface area contributed by atoms with E-state index in [0.29, 0.717) is 21.8 Å². The number of halogens is 1. The van der Waals surface area contributed by atoms with E-state index in [1.54, 1.807) is 13.1 Å². The molecular weight excluding hydrogens is 239 g/mol. The van der Waals surface area contributed by atoms with Crippen LogP contribution >= 0.6 is 11.8 Å². The Morgan fingerprint density at radius 3 is 3.06 bits per heavy atom. The highest BCUT2D eigenvalue weighted by Gasteiger charge is 2.08. The second kappa shape index (κ2) is 4.71. The monoisotopic (exact) mass is 250 g/mol. The molecule has 3 nitrogen and oxygen atoms in total. The van der Waals surface area contributed by atoms with Gasteiger partial charge in [-0.05, 0) is 12.1 Å². The second-order valence-electron chi connectivity index (χ2n) is 3.52. The molecule has 1 aromatic carbocycles. The standard InChI is InChI=1S/C12H11FN2OS/c1-3-6-17-12-14-10-7-8(13)4-5-9(10)11(16)15(12)2/h3-5,7H,1,6H2,2H3. The van der Waals surface area contributed by atoms with Gasteiger partial charge in [-0.3, -0.25) is 9.36 Å². The summed E-state index contributed by atoms with van der Waals surface area (Å²) < 4.78 is 14.5. The summed E-state index contributed by atoms with van der Waals surface area (Å²) in [5.41, 5.74) is 0.223. The number of thioether (sulfide) groups is 1. The summed E-state index contributed by atoms with van der Waals surface area (Å²) in [6.07, 6.45) is 1.73. The molecule has 5 heteroatoms. The minimum absolute atomic E-state index is 0.165. The molecule has 0 unspecified atom stereocenters. The van der Waals surface area contributed by atoms with Crippen molar-refractivity contribution in [3.8, 4) is 0 Å². The molecule has 0 aliphatic carbocycles. The first kappa shape index (κ1) is 11.9. The third-order valence-corrected chi connectivity index (χ3v) is 3.35. The highest BCUT2D eigenvalue weighted by atomic mass is 32.2. The van der Waals surface area contributed by atoms with Crippen LogP contribution in [0, 0.1) is 5.82 Å². The van der Waals surface area contributed by atoms with Gasteiger partial charge >= 0.3 is 0 Å². The number of benzene rings is 1. The van der Waals surface area contributed by atoms with Crippen molar-refractivity contribution in [2.45, 2.75) is 5.16 Å². The molecule has 17 heavy (non-hydrogen) atoms. The third-order valence-electron chi connectivity index (χ3n) is 2.33. The van der Waals surface area contributed by atoms with E-state index >= 15 is 0 Å². The lowest BCUT2D eigenvalue weighted by molar-refractivity contribution is 0.628. The number of hydrogen-bond donors (Lipinski definition) is 0. The lowest BCUT2D eigenvalue weighted by atomic mass is 10.2. The highest BCUT2D eigenvalue weighted by Crippen LogP contribution is 2.17. The molecule has 1 heterocycles. The summed E-state index contributed by atoms with van der Waals surface area (Å²) in [5, 5.41) is 0.991. The van der Waals surface area contributed by atoms with Gasteiger partial charge in [0, 0.05) is 18.9 Å². The number of fused-ring (bicyclic) bond motifs is 1. The molecule has 0 aliphatic heterocycles. The summed E-state index contributed by atoms with van der Waals surface area (Å²) in [6.45, 7) is 3.61. The molecule has 2 aromatic rings. The van der Waals surface area contributed by atoms with Crippen LogP contribution in [0.5, 0.6) is 0 Å². The third kappa shape index (κ3) is 2.24. The van der Waals surface area contributed by atoms with Crippen LogP contribution in [0.3, 0.4) is 0 Å². The average molecular weight is 250 g/mol. The Bertz CT molecular complexity index is 636. The van der Waals surface area contributed by atoms with Crippen molar-refractivity contribution in [2.24, 2.45) is 7.05 Å². The minimum Gasteiger partial charge on any atom is -0.290 e. The Morgan fingerprint density at radius 1 is 1.59 bits per heavy atom. The van der Waals surface area contributed by atoms with E-state index in [2.05, 4.69) is 11.6 Å². The Labute approximate surface area is 102 Å². The Balaban J connectivity index is 2.67. The minimum atomic E-state index is -0.391. The molecule has 0 saturated heterocycles. The number of nitrogens with zero attached hydrogens (tertiary/aromatic N) is 2. The molecule has 0 fully saturated rings. The molecule has 0 saturated carbocycles. The van der Waals surface area contributed by atoms with Gasteiger partial charge in [-0.2, -0.15) is 0 Å². The van der Waals surface area contributed by atoms with Gasteiger partial charge in [0.05, 0.1) is 10.9 Å². The molecular formula is C12H11FN2OS. The molecule has 0 amide bonds. The molecule has 0 N–H and O–H groups in total. The van der Waals surface area contributed by atoms with Crippen LogP contribution in [-0.2, 0) is 7.05 Å². The van der Waals surface area contributed by atoms with Crippen molar-refractivity contribution in [2.75, 3.05) is 5.75 Å². The predicted molar refractivity (Wildman–Crippen MR) is 67.9 cm³/mol. The topological polar surface area (TPSA) is 34.9 Å². The summed E-state index contributed by atoms with van der Waals surface area (Å²) >= 11 is 1.39. The van der Waals surface area contributed by atoms with Crippen molar-refractivity contribution >= 4 is 22.7 Å². The van der Waals surface area contributed by atoms with Crippen molar-refractivity contribution in [1.29, 1.82) is 0 Å². The molecule has 1 aromatic heterocycles. The van der Waals surface area contributed by atoms with Crippen LogP contribution in [0.25, 0.3) is 10.9 Å². The fourth-order valence-electron chi connectivity index (χ4n) is 1.49. The van der Waals surface area contributed by atoms with E-state index in [4.69, 9.17) is 0 Å². The lowest BCUT2D eigenvalue weighted by Crippen LogP contribution is -2.20. The maximum absolute atomic E-state index is 13.1. The smallest absolute Gasteiger partial charge is 0.261 e. The van der Waals surface area contributed by atoms with E-state index in [9.17, 15) is 9.18 Å². The molecule has 0 aliphatic rings. The van der Waals surface area contributed by atoms with Gasteiger partial charge in [0.2, 0.25) is 0 Å². The van der Waals surface area contributed by atoms with E-state index in [1.165, 1.54) is 34.5 Å². The Hall–Kier alpha value is -1.62. The van der Waals surface area contributed by atoms with E-state index in [-0.39, 0.29) is 5.56 Å². The summed E-state index contributed by atoms with van der Waals surface area (Å²) in [6, 6.07) is 4.00. The first-order chi connectivity index (χ1) is 8.13. The highest BCUT2D eigenvalue weighted by molar-refractivity contribution is 7.99. The SMILES string of the molecule is C=CCSc1nc2cc(F)ccc2c(=O)n1C. The average Bonchev–Trinajstić information content (AvgIpc) is 2.31. The van der Waals surface area contributed by atoms with Crippen molar-refractivity contribution in [1.82, 2.24) is 9.55 Å². The summed E-state index contributed by atoms with van der Waals surface area (Å²) in [7, 11) is 1.66. The van der Waals surface area contributed by atoms with E-state index < -0.39 is 5.82 Å². The van der Waals surface area contributed by atoms with Gasteiger partial charge in [-0.1, -0.05) is 17.8 Å². The number of rotatable bonds is 3. The van der Waals surface area contributed by atoms with Crippen LogP contribution in [0.4, 0.5) is 4.39 Å². The lowest BCUT2D eigenvalue weighted by Gasteiger charge is -2.07. The molecule has 0 radical (unpaired) electrons. The van der Waals surface area contributed by atoms with Gasteiger partial charge in [0.1, 0.15) is 5.82 Å². The van der Waals surface area contributed by atoms with Crippen LogP contribution < -0.4 is 5.56 Å². The van der Waals surface area contributed by atoms with Gasteiger partial charge in [-0.15, -0.1) is 6.58 Å². The van der Waals surface area contributed by atoms with Crippen LogP contribution in [0.1, 0.15) is 0 Å². The van der Waals surface area contributed by atoms with E-state index in [1.807, 2.05) is 0 Å². The molecule has 0 spiro atoms. The van der Waals surface area contributed by atoms with Gasteiger partial charge < -0.3 is 0 Å². The fraction of sp³-hybridized carbons (Fsp3) is 0.167. The maximum Gasteiger partial charge on any atom is 0.261 e. The van der Waals surface area contributed by atoms with Gasteiger partial charge in [-0.25, -0.2) is 9.37 Å². The quantitative estimate of drug-likeness (QED) is 0.476. The normalized spacial score (nSPS) is 10.7. The fourth-order valence-corrected chi connectivity index (χ4v) is 2.19.